The molecule has 0 aliphatic carbocycles. The van der Waals surface area contributed by atoms with Crippen LogP contribution < -0.4 is 15.2 Å². The van der Waals surface area contributed by atoms with Crippen molar-refractivity contribution in [3.8, 4) is 5.75 Å². The number of amidine groups is 1. The van der Waals surface area contributed by atoms with Crippen molar-refractivity contribution in [2.45, 2.75) is 20.3 Å². The lowest BCUT2D eigenvalue weighted by atomic mass is 10.2. The maximum atomic E-state index is 11.8. The van der Waals surface area contributed by atoms with E-state index in [0.717, 1.165) is 0 Å². The lowest BCUT2D eigenvalue weighted by Crippen LogP contribution is -2.20. The molecule has 0 amide bonds. The average Bonchev–Trinajstić information content (AvgIpc) is 2.44. The van der Waals surface area contributed by atoms with Crippen molar-refractivity contribution in [1.29, 1.82) is 0 Å². The van der Waals surface area contributed by atoms with Crippen LogP contribution >= 0.6 is 0 Å². The Balaban J connectivity index is 2.58. The predicted octanol–water partition coefficient (Wildman–Crippen LogP) is 1.60. The van der Waals surface area contributed by atoms with Crippen molar-refractivity contribution in [3.63, 3.8) is 0 Å². The zero-order valence-corrected chi connectivity index (χ0v) is 12.9. The first-order valence-electron chi connectivity index (χ1n) is 6.52. The van der Waals surface area contributed by atoms with Crippen LogP contribution in [0, 0.1) is 5.92 Å². The molecule has 0 spiro atoms. The molecule has 0 aromatic heterocycles. The molecule has 0 atom stereocenters. The van der Waals surface area contributed by atoms with Crippen LogP contribution in [0.15, 0.2) is 29.4 Å². The van der Waals surface area contributed by atoms with Crippen molar-refractivity contribution in [2.75, 3.05) is 17.1 Å². The van der Waals surface area contributed by atoms with Crippen LogP contribution in [0.1, 0.15) is 20.3 Å². The SMILES string of the molecule is CC(C)CCS(=O)(=O)Nc1ccc(OCC(N)=NO)cc1. The molecule has 8 heteroatoms. The van der Waals surface area contributed by atoms with E-state index in [-0.39, 0.29) is 18.2 Å². The normalized spacial score (nSPS) is 12.4. The molecule has 118 valence electrons. The van der Waals surface area contributed by atoms with Crippen LogP contribution in [0.3, 0.4) is 0 Å². The molecule has 0 heterocycles. The summed E-state index contributed by atoms with van der Waals surface area (Å²) in [5.74, 6) is 0.864. The van der Waals surface area contributed by atoms with Crippen molar-refractivity contribution < 1.29 is 18.4 Å². The number of nitrogens with zero attached hydrogens (tertiary/aromatic N) is 1. The maximum absolute atomic E-state index is 11.8. The number of sulfonamides is 1. The molecule has 0 aliphatic heterocycles. The Morgan fingerprint density at radius 1 is 1.38 bits per heavy atom. The molecular formula is C13H21N3O4S. The second-order valence-corrected chi connectivity index (χ2v) is 6.85. The highest BCUT2D eigenvalue weighted by molar-refractivity contribution is 7.92. The smallest absolute Gasteiger partial charge is 0.232 e. The first-order valence-corrected chi connectivity index (χ1v) is 8.17. The van der Waals surface area contributed by atoms with Gasteiger partial charge in [-0.05, 0) is 36.6 Å². The van der Waals surface area contributed by atoms with E-state index in [4.69, 9.17) is 15.7 Å². The number of ether oxygens (including phenoxy) is 1. The lowest BCUT2D eigenvalue weighted by molar-refractivity contribution is 0.306. The Kier molecular flexibility index (Phi) is 6.29. The van der Waals surface area contributed by atoms with Gasteiger partial charge in [0.2, 0.25) is 10.0 Å². The summed E-state index contributed by atoms with van der Waals surface area (Å²) in [7, 11) is -3.34. The van der Waals surface area contributed by atoms with E-state index in [2.05, 4.69) is 9.88 Å². The third-order valence-electron chi connectivity index (χ3n) is 2.61. The van der Waals surface area contributed by atoms with E-state index >= 15 is 0 Å². The fraction of sp³-hybridized carbons (Fsp3) is 0.462. The molecule has 1 rings (SSSR count). The summed E-state index contributed by atoms with van der Waals surface area (Å²) in [4.78, 5) is 0. The van der Waals surface area contributed by atoms with Crippen molar-refractivity contribution in [2.24, 2.45) is 16.8 Å². The summed E-state index contributed by atoms with van der Waals surface area (Å²) in [5.41, 5.74) is 5.74. The average molecular weight is 315 g/mol. The van der Waals surface area contributed by atoms with Crippen LogP contribution in [0.5, 0.6) is 5.75 Å². The standard InChI is InChI=1S/C13H21N3O4S/c1-10(2)7-8-21(18,19)16-11-3-5-12(6-4-11)20-9-13(14)15-17/h3-6,10,16-17H,7-9H2,1-2H3,(H2,14,15). The lowest BCUT2D eigenvalue weighted by Gasteiger charge is -2.10. The molecule has 7 nitrogen and oxygen atoms in total. The summed E-state index contributed by atoms with van der Waals surface area (Å²) in [6, 6.07) is 6.39. The van der Waals surface area contributed by atoms with E-state index in [1.165, 1.54) is 0 Å². The number of anilines is 1. The van der Waals surface area contributed by atoms with Crippen molar-refractivity contribution in [3.05, 3.63) is 24.3 Å². The molecule has 0 aliphatic rings. The first kappa shape index (κ1) is 17.1. The fourth-order valence-corrected chi connectivity index (χ4v) is 2.81. The van der Waals surface area contributed by atoms with Gasteiger partial charge in [0.05, 0.1) is 5.75 Å². The highest BCUT2D eigenvalue weighted by atomic mass is 32.2. The fourth-order valence-electron chi connectivity index (χ4n) is 1.43. The second kappa shape index (κ2) is 7.72. The molecule has 0 fully saturated rings. The number of rotatable bonds is 8. The summed E-state index contributed by atoms with van der Waals surface area (Å²) in [5, 5.41) is 11.2. The molecule has 0 bridgehead atoms. The van der Waals surface area contributed by atoms with Crippen LogP contribution in [-0.2, 0) is 10.0 Å². The Morgan fingerprint density at radius 2 is 2.00 bits per heavy atom. The third-order valence-corrected chi connectivity index (χ3v) is 3.93. The van der Waals surface area contributed by atoms with Crippen LogP contribution in [0.25, 0.3) is 0 Å². The monoisotopic (exact) mass is 315 g/mol. The quantitative estimate of drug-likeness (QED) is 0.292. The van der Waals surface area contributed by atoms with Gasteiger partial charge in [0, 0.05) is 5.69 Å². The number of benzene rings is 1. The Labute approximate surface area is 124 Å². The maximum Gasteiger partial charge on any atom is 0.232 e. The highest BCUT2D eigenvalue weighted by Crippen LogP contribution is 2.17. The van der Waals surface area contributed by atoms with Gasteiger partial charge in [-0.2, -0.15) is 0 Å². The third kappa shape index (κ3) is 6.84. The van der Waals surface area contributed by atoms with Crippen LogP contribution in [-0.4, -0.2) is 31.8 Å². The predicted molar refractivity (Wildman–Crippen MR) is 82.2 cm³/mol. The van der Waals surface area contributed by atoms with E-state index in [1.807, 2.05) is 13.8 Å². The van der Waals surface area contributed by atoms with E-state index in [1.54, 1.807) is 24.3 Å². The Hall–Kier alpha value is -1.96. The number of nitrogens with two attached hydrogens (primary N) is 1. The first-order chi connectivity index (χ1) is 9.82. The molecule has 1 aromatic carbocycles. The minimum absolute atomic E-state index is 0.0457. The summed E-state index contributed by atoms with van der Waals surface area (Å²) < 4.78 is 31.4. The van der Waals surface area contributed by atoms with Gasteiger partial charge in [-0.15, -0.1) is 0 Å². The molecule has 1 aromatic rings. The highest BCUT2D eigenvalue weighted by Gasteiger charge is 2.11. The molecule has 0 saturated carbocycles. The molecular weight excluding hydrogens is 294 g/mol. The van der Waals surface area contributed by atoms with Gasteiger partial charge in [-0.25, -0.2) is 8.42 Å². The van der Waals surface area contributed by atoms with Gasteiger partial charge >= 0.3 is 0 Å². The molecule has 0 saturated heterocycles. The largest absolute Gasteiger partial charge is 0.486 e. The van der Waals surface area contributed by atoms with E-state index in [0.29, 0.717) is 23.8 Å². The van der Waals surface area contributed by atoms with Crippen LogP contribution in [0.2, 0.25) is 0 Å². The minimum atomic E-state index is -3.34. The van der Waals surface area contributed by atoms with Gasteiger partial charge < -0.3 is 15.7 Å². The zero-order chi connectivity index (χ0) is 15.9. The minimum Gasteiger partial charge on any atom is -0.486 e. The second-order valence-electron chi connectivity index (χ2n) is 5.01. The Morgan fingerprint density at radius 3 is 2.52 bits per heavy atom. The number of nitrogens with one attached hydrogen (secondary N) is 1. The van der Waals surface area contributed by atoms with E-state index in [9.17, 15) is 8.42 Å². The number of oxime groups is 1. The number of hydrogen-bond acceptors (Lipinski definition) is 5. The molecule has 21 heavy (non-hydrogen) atoms. The van der Waals surface area contributed by atoms with Crippen molar-refractivity contribution >= 4 is 21.5 Å². The number of hydrogen-bond donors (Lipinski definition) is 3. The summed E-state index contributed by atoms with van der Waals surface area (Å²) in [6.07, 6.45) is 0.607. The van der Waals surface area contributed by atoms with Gasteiger partial charge in [0.1, 0.15) is 12.4 Å². The van der Waals surface area contributed by atoms with Gasteiger partial charge in [-0.3, -0.25) is 4.72 Å². The van der Waals surface area contributed by atoms with Crippen LogP contribution in [0.4, 0.5) is 5.69 Å². The molecule has 0 radical (unpaired) electrons. The van der Waals surface area contributed by atoms with Gasteiger partial charge in [0.15, 0.2) is 5.84 Å². The Bertz CT molecular complexity index is 568. The van der Waals surface area contributed by atoms with Gasteiger partial charge in [-0.1, -0.05) is 19.0 Å². The molecule has 4 N–H and O–H groups in total. The summed E-state index contributed by atoms with van der Waals surface area (Å²) in [6.45, 7) is 3.90. The zero-order valence-electron chi connectivity index (χ0n) is 12.1. The topological polar surface area (TPSA) is 114 Å². The van der Waals surface area contributed by atoms with Gasteiger partial charge in [0.25, 0.3) is 0 Å². The molecule has 0 unspecified atom stereocenters. The summed E-state index contributed by atoms with van der Waals surface area (Å²) >= 11 is 0. The van der Waals surface area contributed by atoms with E-state index < -0.39 is 10.0 Å². The van der Waals surface area contributed by atoms with Crippen molar-refractivity contribution in [1.82, 2.24) is 0 Å².